The third kappa shape index (κ3) is 11.8. The molecule has 0 radical (unpaired) electrons. The predicted molar refractivity (Wildman–Crippen MR) is 348 cm³/mol. The van der Waals surface area contributed by atoms with Crippen LogP contribution in [0.15, 0.2) is 69.0 Å². The Morgan fingerprint density at radius 3 is 0.906 bits per heavy atom. The van der Waals surface area contributed by atoms with Crippen LogP contribution in [0.4, 0.5) is 13.2 Å². The van der Waals surface area contributed by atoms with Gasteiger partial charge < -0.3 is 59.7 Å². The number of likely N-dealkylation sites (N-methyl/N-ethyl adjacent to an activating group) is 3. The molecule has 6 N–H and O–H groups in total. The fourth-order valence-corrected chi connectivity index (χ4v) is 12.9. The highest BCUT2D eigenvalue weighted by Gasteiger charge is 2.41. The standard InChI is InChI=1S/3C21H21ClFN5O4/c3*1-4-26-8-10(2)28-16-14(18(29)17(28)21(26)32)20(31)27(25-15(16)19(30)24-3)9-11-5-6-13(23)12(22)7-11/h3*5-7,10,29H,4,8-9H2,1-3H3,(H,24,30)/t3*10-/m000/s1. The minimum absolute atomic E-state index is 0.0489. The SMILES string of the molecule is CCN1C[C@H](C)n2c(c(O)c3c(=O)n(Cc4ccc(F)c(Cl)c4)nc(C(=O)NC)c32)C1=O.CCN1C[C@H](C)n2c(c(O)c3c(=O)n(Cc4ccc(F)c(Cl)c4)nc(C(=O)NC)c32)C1=O.CCN1C[C@H](C)n2c(c(O)c3c(=O)n(Cc4ccc(F)c(Cl)c4)nc(C(=O)NC)c32)C1=O. The smallest absolute Gasteiger partial charge is 0.280 e. The molecule has 6 amide bonds. The zero-order valence-electron chi connectivity index (χ0n) is 52.9. The van der Waals surface area contributed by atoms with Gasteiger partial charge in [0, 0.05) is 78.5 Å². The molecule has 27 nitrogen and oxygen atoms in total. The number of benzene rings is 3. The summed E-state index contributed by atoms with van der Waals surface area (Å²) in [5.74, 6) is -6.34. The van der Waals surface area contributed by atoms with Crippen LogP contribution in [0.1, 0.15) is 139 Å². The number of rotatable bonds is 12. The van der Waals surface area contributed by atoms with Crippen molar-refractivity contribution in [3.05, 3.63) is 169 Å². The van der Waals surface area contributed by atoms with E-state index in [0.717, 1.165) is 32.2 Å². The van der Waals surface area contributed by atoms with Gasteiger partial charge in [-0.25, -0.2) is 27.2 Å². The predicted octanol–water partition coefficient (Wildman–Crippen LogP) is 6.42. The largest absolute Gasteiger partial charge is 0.505 e. The van der Waals surface area contributed by atoms with Crippen LogP contribution in [-0.2, 0) is 19.6 Å². The quantitative estimate of drug-likeness (QED) is 0.0768. The van der Waals surface area contributed by atoms with E-state index in [-0.39, 0.29) is 120 Å². The van der Waals surface area contributed by atoms with Gasteiger partial charge in [-0.05, 0) is 94.6 Å². The van der Waals surface area contributed by atoms with Crippen molar-refractivity contribution in [1.82, 2.24) is 73.7 Å². The van der Waals surface area contributed by atoms with E-state index in [1.807, 2.05) is 41.5 Å². The summed E-state index contributed by atoms with van der Waals surface area (Å²) in [6, 6.07) is 10.9. The van der Waals surface area contributed by atoms with Crippen LogP contribution >= 0.6 is 34.8 Å². The summed E-state index contributed by atoms with van der Waals surface area (Å²) in [6.45, 7) is 12.9. The Morgan fingerprint density at radius 2 is 0.698 bits per heavy atom. The van der Waals surface area contributed by atoms with Crippen molar-refractivity contribution in [3.8, 4) is 17.2 Å². The molecule has 9 heterocycles. The van der Waals surface area contributed by atoms with Crippen molar-refractivity contribution < 1.29 is 57.3 Å². The molecule has 0 bridgehead atoms. The van der Waals surface area contributed by atoms with Crippen molar-refractivity contribution in [2.45, 2.75) is 79.3 Å². The van der Waals surface area contributed by atoms with Gasteiger partial charge in [0.15, 0.2) is 51.4 Å². The first kappa shape index (κ1) is 68.7. The molecule has 33 heteroatoms. The van der Waals surface area contributed by atoms with Gasteiger partial charge in [0.25, 0.3) is 52.1 Å². The summed E-state index contributed by atoms with van der Waals surface area (Å²) in [4.78, 5) is 122. The molecule has 0 unspecified atom stereocenters. The lowest BCUT2D eigenvalue weighted by Gasteiger charge is -2.32. The molecular weight excluding hydrogens is 1320 g/mol. The second-order valence-electron chi connectivity index (χ2n) is 22.9. The first-order valence-electron chi connectivity index (χ1n) is 30.1. The van der Waals surface area contributed by atoms with Gasteiger partial charge in [-0.3, -0.25) is 43.2 Å². The number of amides is 6. The highest BCUT2D eigenvalue weighted by Crippen LogP contribution is 2.41. The molecule has 504 valence electrons. The van der Waals surface area contributed by atoms with Gasteiger partial charge in [0.1, 0.15) is 33.6 Å². The minimum atomic E-state index is -0.685. The van der Waals surface area contributed by atoms with Crippen molar-refractivity contribution in [3.63, 3.8) is 0 Å². The van der Waals surface area contributed by atoms with Crippen LogP contribution in [0, 0.1) is 17.5 Å². The summed E-state index contributed by atoms with van der Waals surface area (Å²) >= 11 is 17.5. The maximum Gasteiger partial charge on any atom is 0.280 e. The lowest BCUT2D eigenvalue weighted by molar-refractivity contribution is 0.0678. The highest BCUT2D eigenvalue weighted by molar-refractivity contribution is 6.31. The number of halogens is 6. The summed E-state index contributed by atoms with van der Waals surface area (Å²) in [7, 11) is 4.25. The van der Waals surface area contributed by atoms with E-state index in [1.165, 1.54) is 71.2 Å². The van der Waals surface area contributed by atoms with Gasteiger partial charge in [0.2, 0.25) is 0 Å². The van der Waals surface area contributed by atoms with Crippen LogP contribution in [-0.4, -0.2) is 169 Å². The van der Waals surface area contributed by atoms with Crippen molar-refractivity contribution >= 4 is 103 Å². The summed E-state index contributed by atoms with van der Waals surface area (Å²) in [5.41, 5.74) is -0.807. The molecule has 3 aliphatic rings. The molecule has 0 saturated heterocycles. The van der Waals surface area contributed by atoms with Gasteiger partial charge in [-0.2, -0.15) is 15.3 Å². The van der Waals surface area contributed by atoms with Gasteiger partial charge >= 0.3 is 0 Å². The van der Waals surface area contributed by atoms with Crippen LogP contribution in [0.2, 0.25) is 15.1 Å². The molecule has 0 saturated carbocycles. The zero-order valence-corrected chi connectivity index (χ0v) is 55.2. The maximum absolute atomic E-state index is 13.5. The number of aromatic nitrogens is 9. The molecular formula is C63H63Cl3F3N15O12. The molecule has 12 rings (SSSR count). The first-order chi connectivity index (χ1) is 45.6. The molecule has 6 aromatic heterocycles. The Hall–Kier alpha value is -10.2. The Labute approximate surface area is 557 Å². The summed E-state index contributed by atoms with van der Waals surface area (Å²) in [5, 5.41) is 52.2. The molecule has 0 aliphatic carbocycles. The molecule has 96 heavy (non-hydrogen) atoms. The molecule has 0 fully saturated rings. The minimum Gasteiger partial charge on any atom is -0.505 e. The van der Waals surface area contributed by atoms with E-state index in [0.29, 0.717) is 56.0 Å². The summed E-state index contributed by atoms with van der Waals surface area (Å²) < 4.78 is 48.1. The fraction of sp³-hybridized carbons (Fsp3) is 0.333. The van der Waals surface area contributed by atoms with Gasteiger partial charge in [0.05, 0.1) is 51.3 Å². The van der Waals surface area contributed by atoms with Crippen molar-refractivity contribution in [1.29, 1.82) is 0 Å². The number of aromatic hydroxyl groups is 3. The Bertz CT molecular complexity index is 4480. The molecule has 3 aliphatic heterocycles. The van der Waals surface area contributed by atoms with Crippen LogP contribution in [0.25, 0.3) is 32.7 Å². The average molecular weight is 1390 g/mol. The molecule has 9 aromatic rings. The molecule has 3 atom stereocenters. The number of hydrogen-bond donors (Lipinski definition) is 6. The van der Waals surface area contributed by atoms with Crippen LogP contribution in [0.3, 0.4) is 0 Å². The summed E-state index contributed by atoms with van der Waals surface area (Å²) in [6.07, 6.45) is 0. The van der Waals surface area contributed by atoms with E-state index in [4.69, 9.17) is 34.8 Å². The van der Waals surface area contributed by atoms with E-state index < -0.39 is 86.8 Å². The van der Waals surface area contributed by atoms with Gasteiger partial charge in [-0.1, -0.05) is 53.0 Å². The molecule has 3 aromatic carbocycles. The first-order valence-corrected chi connectivity index (χ1v) is 31.2. The maximum atomic E-state index is 13.5. The second-order valence-corrected chi connectivity index (χ2v) is 24.1. The lowest BCUT2D eigenvalue weighted by Crippen LogP contribution is -2.42. The lowest BCUT2D eigenvalue weighted by atomic mass is 10.2. The number of carbonyl (C=O) groups excluding carboxylic acids is 6. The monoisotopic (exact) mass is 1380 g/mol. The van der Waals surface area contributed by atoms with Crippen molar-refractivity contribution in [2.24, 2.45) is 0 Å². The van der Waals surface area contributed by atoms with Crippen molar-refractivity contribution in [2.75, 3.05) is 60.4 Å². The van der Waals surface area contributed by atoms with Crippen LogP contribution in [0.5, 0.6) is 17.2 Å². The number of carbonyl (C=O) groups is 6. The van der Waals surface area contributed by atoms with Crippen LogP contribution < -0.4 is 32.6 Å². The van der Waals surface area contributed by atoms with E-state index in [9.17, 15) is 71.6 Å². The second kappa shape index (κ2) is 26.9. The van der Waals surface area contributed by atoms with E-state index in [1.54, 1.807) is 14.7 Å². The van der Waals surface area contributed by atoms with E-state index in [2.05, 4.69) is 31.2 Å². The normalized spacial score (nSPS) is 15.8. The topological polar surface area (TPSA) is 328 Å². The van der Waals surface area contributed by atoms with E-state index >= 15 is 0 Å². The zero-order chi connectivity index (χ0) is 70.0. The third-order valence-corrected chi connectivity index (χ3v) is 17.8. The number of nitrogens with one attached hydrogen (secondary N) is 3. The third-order valence-electron chi connectivity index (χ3n) is 16.9. The number of nitrogens with zero attached hydrogens (tertiary/aromatic N) is 12. The Morgan fingerprint density at radius 1 is 0.458 bits per heavy atom. The fourth-order valence-electron chi connectivity index (χ4n) is 12.3. The number of fused-ring (bicyclic) bond motifs is 9. The molecule has 0 spiro atoms. The highest BCUT2D eigenvalue weighted by atomic mass is 35.5. The Kier molecular flexibility index (Phi) is 19.2. The average Bonchev–Trinajstić information content (AvgIpc) is 1.58. The van der Waals surface area contributed by atoms with Gasteiger partial charge in [-0.15, -0.1) is 0 Å². The number of hydrogen-bond acceptors (Lipinski definition) is 15. The Balaban J connectivity index is 0.000000157.